The summed E-state index contributed by atoms with van der Waals surface area (Å²) in [6.07, 6.45) is 1.17. The predicted molar refractivity (Wildman–Crippen MR) is 86.5 cm³/mol. The lowest BCUT2D eigenvalue weighted by Crippen LogP contribution is -2.14. The van der Waals surface area contributed by atoms with Crippen molar-refractivity contribution in [2.45, 2.75) is 33.1 Å². The molecule has 5 nitrogen and oxygen atoms in total. The molecule has 1 unspecified atom stereocenters. The van der Waals surface area contributed by atoms with E-state index < -0.39 is 0 Å². The van der Waals surface area contributed by atoms with Crippen LogP contribution in [0.3, 0.4) is 0 Å². The monoisotopic (exact) mass is 303 g/mol. The van der Waals surface area contributed by atoms with Crippen molar-refractivity contribution >= 4 is 22.3 Å². The van der Waals surface area contributed by atoms with Crippen molar-refractivity contribution in [3.05, 3.63) is 28.2 Å². The molecule has 1 atom stereocenters. The summed E-state index contributed by atoms with van der Waals surface area (Å²) in [5, 5.41) is 4.22. The number of likely N-dealkylation sites (N-methyl/N-ethyl adjacent to an activating group) is 1. The van der Waals surface area contributed by atoms with Gasteiger partial charge in [0.1, 0.15) is 11.6 Å². The topological polar surface area (TPSA) is 53.9 Å². The minimum Gasteiger partial charge on any atom is -0.316 e. The molecule has 0 aliphatic carbocycles. The van der Waals surface area contributed by atoms with E-state index in [1.165, 1.54) is 11.3 Å². The Kier molecular flexibility index (Phi) is 3.91. The molecule has 3 rings (SSSR count). The maximum absolute atomic E-state index is 4.62. The van der Waals surface area contributed by atoms with Crippen LogP contribution >= 0.6 is 11.3 Å². The summed E-state index contributed by atoms with van der Waals surface area (Å²) in [6.45, 7) is 8.28. The lowest BCUT2D eigenvalue weighted by molar-refractivity contribution is 0.410. The lowest BCUT2D eigenvalue weighted by Gasteiger charge is -2.12. The molecule has 1 saturated heterocycles. The molecule has 6 heteroatoms. The highest BCUT2D eigenvalue weighted by Gasteiger charge is 2.23. The van der Waals surface area contributed by atoms with Crippen LogP contribution in [0.1, 0.15) is 34.4 Å². The quantitative estimate of drug-likeness (QED) is 0.944. The fourth-order valence-corrected chi connectivity index (χ4v) is 3.50. The molecule has 1 aliphatic rings. The van der Waals surface area contributed by atoms with Crippen LogP contribution in [-0.2, 0) is 0 Å². The second-order valence-electron chi connectivity index (χ2n) is 5.76. The van der Waals surface area contributed by atoms with Gasteiger partial charge in [-0.3, -0.25) is 0 Å². The first-order chi connectivity index (χ1) is 10.0. The highest BCUT2D eigenvalue weighted by molar-refractivity contribution is 7.15. The second kappa shape index (κ2) is 5.69. The normalized spacial score (nSPS) is 19.1. The van der Waals surface area contributed by atoms with Gasteiger partial charge >= 0.3 is 0 Å². The molecule has 0 saturated carbocycles. The highest BCUT2D eigenvalue weighted by Crippen LogP contribution is 2.28. The van der Waals surface area contributed by atoms with Gasteiger partial charge in [0.2, 0.25) is 0 Å². The summed E-state index contributed by atoms with van der Waals surface area (Å²) in [6, 6.07) is 2.07. The molecule has 2 aromatic rings. The molecule has 3 heterocycles. The van der Waals surface area contributed by atoms with Gasteiger partial charge in [-0.05, 0) is 40.8 Å². The van der Waals surface area contributed by atoms with E-state index in [9.17, 15) is 0 Å². The predicted octanol–water partition coefficient (Wildman–Crippen LogP) is 3.02. The van der Waals surface area contributed by atoms with Crippen LogP contribution in [0.5, 0.6) is 0 Å². The van der Waals surface area contributed by atoms with Gasteiger partial charge in [-0.25, -0.2) is 15.0 Å². The molecule has 21 heavy (non-hydrogen) atoms. The third-order valence-electron chi connectivity index (χ3n) is 3.93. The molecular weight excluding hydrogens is 282 g/mol. The van der Waals surface area contributed by atoms with Gasteiger partial charge in [0.15, 0.2) is 5.13 Å². The number of aromatic nitrogens is 3. The summed E-state index contributed by atoms with van der Waals surface area (Å²) >= 11 is 1.66. The number of thiazole rings is 1. The van der Waals surface area contributed by atoms with Crippen molar-refractivity contribution in [2.75, 3.05) is 25.5 Å². The van der Waals surface area contributed by atoms with Crippen LogP contribution in [0.15, 0.2) is 6.07 Å². The fraction of sp³-hybridized carbons (Fsp3) is 0.533. The average molecular weight is 303 g/mol. The average Bonchev–Trinajstić information content (AvgIpc) is 2.96. The van der Waals surface area contributed by atoms with Crippen LogP contribution in [0, 0.1) is 20.8 Å². The van der Waals surface area contributed by atoms with E-state index in [0.29, 0.717) is 5.92 Å². The molecule has 0 bridgehead atoms. The van der Waals surface area contributed by atoms with E-state index in [2.05, 4.69) is 45.2 Å². The standard InChI is InChI=1S/C15H21N5S/c1-9-10(2)21-15(16-9)19-14-7-13(17-11(3)18-14)12-5-6-20(4)8-12/h7,12H,5-6,8H2,1-4H3,(H,16,17,18,19). The summed E-state index contributed by atoms with van der Waals surface area (Å²) in [5.74, 6) is 2.17. The van der Waals surface area contributed by atoms with E-state index in [1.807, 2.05) is 13.8 Å². The third kappa shape index (κ3) is 3.22. The summed E-state index contributed by atoms with van der Waals surface area (Å²) < 4.78 is 0. The van der Waals surface area contributed by atoms with Gasteiger partial charge in [-0.1, -0.05) is 0 Å². The zero-order chi connectivity index (χ0) is 15.0. The minimum absolute atomic E-state index is 0.511. The zero-order valence-corrected chi connectivity index (χ0v) is 13.8. The molecule has 0 radical (unpaired) electrons. The smallest absolute Gasteiger partial charge is 0.188 e. The molecule has 1 aliphatic heterocycles. The van der Waals surface area contributed by atoms with Crippen molar-refractivity contribution in [2.24, 2.45) is 0 Å². The van der Waals surface area contributed by atoms with E-state index in [-0.39, 0.29) is 0 Å². The summed E-state index contributed by atoms with van der Waals surface area (Å²) in [4.78, 5) is 17.2. The van der Waals surface area contributed by atoms with Crippen molar-refractivity contribution in [3.63, 3.8) is 0 Å². The van der Waals surface area contributed by atoms with E-state index in [0.717, 1.165) is 41.3 Å². The Balaban J connectivity index is 1.83. The van der Waals surface area contributed by atoms with E-state index >= 15 is 0 Å². The molecule has 0 aromatic carbocycles. The zero-order valence-electron chi connectivity index (χ0n) is 13.0. The number of rotatable bonds is 3. The molecule has 0 amide bonds. The number of aryl methyl sites for hydroxylation is 3. The lowest BCUT2D eigenvalue weighted by atomic mass is 10.0. The van der Waals surface area contributed by atoms with Crippen LogP contribution in [0.25, 0.3) is 0 Å². The molecule has 1 fully saturated rings. The number of hydrogen-bond donors (Lipinski definition) is 1. The largest absolute Gasteiger partial charge is 0.316 e. The maximum atomic E-state index is 4.62. The third-order valence-corrected chi connectivity index (χ3v) is 4.92. The second-order valence-corrected chi connectivity index (χ2v) is 6.96. The first kappa shape index (κ1) is 14.4. The Hall–Kier alpha value is -1.53. The minimum atomic E-state index is 0.511. The van der Waals surface area contributed by atoms with Crippen molar-refractivity contribution in [1.29, 1.82) is 0 Å². The number of likely N-dealkylation sites (tertiary alicyclic amines) is 1. The molecule has 112 valence electrons. The van der Waals surface area contributed by atoms with Crippen LogP contribution in [0.2, 0.25) is 0 Å². The Bertz CT molecular complexity index is 632. The van der Waals surface area contributed by atoms with Gasteiger partial charge in [0, 0.05) is 23.4 Å². The number of nitrogens with zero attached hydrogens (tertiary/aromatic N) is 4. The van der Waals surface area contributed by atoms with Gasteiger partial charge in [0.25, 0.3) is 0 Å². The Morgan fingerprint density at radius 3 is 2.67 bits per heavy atom. The highest BCUT2D eigenvalue weighted by atomic mass is 32.1. The number of anilines is 2. The van der Waals surface area contributed by atoms with Gasteiger partial charge in [0.05, 0.1) is 11.4 Å². The fourth-order valence-electron chi connectivity index (χ4n) is 2.68. The van der Waals surface area contributed by atoms with Gasteiger partial charge < -0.3 is 10.2 Å². The molecule has 2 aromatic heterocycles. The van der Waals surface area contributed by atoms with Crippen molar-refractivity contribution in [1.82, 2.24) is 19.9 Å². The first-order valence-corrected chi connectivity index (χ1v) is 8.08. The van der Waals surface area contributed by atoms with E-state index in [1.54, 1.807) is 11.3 Å². The maximum Gasteiger partial charge on any atom is 0.188 e. The van der Waals surface area contributed by atoms with Gasteiger partial charge in [-0.15, -0.1) is 11.3 Å². The Labute approximate surface area is 129 Å². The van der Waals surface area contributed by atoms with Crippen LogP contribution in [-0.4, -0.2) is 40.0 Å². The van der Waals surface area contributed by atoms with E-state index in [4.69, 9.17) is 0 Å². The SMILES string of the molecule is Cc1nc(Nc2nc(C)c(C)s2)cc(C2CCN(C)C2)n1. The summed E-state index contributed by atoms with van der Waals surface area (Å²) in [5.41, 5.74) is 2.21. The number of nitrogens with one attached hydrogen (secondary N) is 1. The molecule has 1 N–H and O–H groups in total. The molecular formula is C15H21N5S. The number of hydrogen-bond acceptors (Lipinski definition) is 6. The van der Waals surface area contributed by atoms with Gasteiger partial charge in [-0.2, -0.15) is 0 Å². The Morgan fingerprint density at radius 2 is 2.05 bits per heavy atom. The van der Waals surface area contributed by atoms with Crippen molar-refractivity contribution < 1.29 is 0 Å². The Morgan fingerprint density at radius 1 is 1.24 bits per heavy atom. The van der Waals surface area contributed by atoms with Crippen molar-refractivity contribution in [3.8, 4) is 0 Å². The first-order valence-electron chi connectivity index (χ1n) is 7.26. The van der Waals surface area contributed by atoms with Crippen LogP contribution in [0.4, 0.5) is 10.9 Å². The summed E-state index contributed by atoms with van der Waals surface area (Å²) in [7, 11) is 2.16. The van der Waals surface area contributed by atoms with Crippen LogP contribution < -0.4 is 5.32 Å². The molecule has 0 spiro atoms.